The van der Waals surface area contributed by atoms with Gasteiger partial charge in [0.05, 0.1) is 0 Å². The van der Waals surface area contributed by atoms with Crippen LogP contribution in [-0.4, -0.2) is 22.2 Å². The summed E-state index contributed by atoms with van der Waals surface area (Å²) < 4.78 is 0. The van der Waals surface area contributed by atoms with E-state index in [9.17, 15) is 9.59 Å². The predicted molar refractivity (Wildman–Crippen MR) is 172 cm³/mol. The molecule has 0 aromatic rings. The molecule has 0 aromatic carbocycles. The maximum atomic E-state index is 10.8. The van der Waals surface area contributed by atoms with Gasteiger partial charge in [-0.25, -0.2) is 0 Å². The molecule has 0 heterocycles. The fraction of sp³-hybridized carbons (Fsp3) is 0.944. The normalized spacial score (nSPS) is 12.9. The Labute approximate surface area is 249 Å². The second kappa shape index (κ2) is 30.9. The third kappa shape index (κ3) is 28.5. The van der Waals surface area contributed by atoms with Crippen LogP contribution in [0.1, 0.15) is 206 Å². The quantitative estimate of drug-likeness (QED) is 0.0775. The van der Waals surface area contributed by atoms with Crippen molar-refractivity contribution in [1.29, 1.82) is 0 Å². The number of unbranched alkanes of at least 4 members (excludes halogenated alkanes) is 20. The zero-order chi connectivity index (χ0) is 29.5. The van der Waals surface area contributed by atoms with Crippen molar-refractivity contribution >= 4 is 11.9 Å². The third-order valence-electron chi connectivity index (χ3n) is 8.95. The van der Waals surface area contributed by atoms with Crippen LogP contribution >= 0.6 is 0 Å². The highest BCUT2D eigenvalue weighted by Crippen LogP contribution is 2.33. The Morgan fingerprint density at radius 3 is 0.850 bits per heavy atom. The van der Waals surface area contributed by atoms with Crippen molar-refractivity contribution in [3.63, 3.8) is 0 Å². The minimum absolute atomic E-state index is 0.320. The first-order valence-electron chi connectivity index (χ1n) is 17.9. The first-order valence-corrected chi connectivity index (χ1v) is 17.9. The molecular formula is C36H70O4. The SMILES string of the molecule is CCCCCCCCCC(CCCCCCCC(=O)O)C(CCCCCCCC)CCCCCCCCC(=O)O. The third-order valence-corrected chi connectivity index (χ3v) is 8.95. The standard InChI is InChI=1S/C36H70O4/c1-3-5-7-9-11-16-22-28-34(30-24-18-14-20-26-32-36(39)40)33(27-21-15-10-8-6-4-2)29-23-17-12-13-19-25-31-35(37)38/h33-34H,3-32H2,1-2H3,(H,37,38)(H,39,40). The molecule has 0 aromatic heterocycles. The van der Waals surface area contributed by atoms with Gasteiger partial charge in [0.2, 0.25) is 0 Å². The molecule has 0 fully saturated rings. The molecular weight excluding hydrogens is 496 g/mol. The smallest absolute Gasteiger partial charge is 0.303 e. The largest absolute Gasteiger partial charge is 0.481 e. The highest BCUT2D eigenvalue weighted by atomic mass is 16.4. The maximum absolute atomic E-state index is 10.8. The maximum Gasteiger partial charge on any atom is 0.303 e. The van der Waals surface area contributed by atoms with Gasteiger partial charge in [0.15, 0.2) is 0 Å². The van der Waals surface area contributed by atoms with Crippen LogP contribution in [-0.2, 0) is 9.59 Å². The van der Waals surface area contributed by atoms with Crippen molar-refractivity contribution in [1.82, 2.24) is 0 Å². The Hall–Kier alpha value is -1.06. The highest BCUT2D eigenvalue weighted by Gasteiger charge is 2.20. The number of rotatable bonds is 33. The summed E-state index contributed by atoms with van der Waals surface area (Å²) in [5, 5.41) is 17.7. The molecule has 0 rings (SSSR count). The summed E-state index contributed by atoms with van der Waals surface area (Å²) in [6.07, 6.45) is 36.8. The topological polar surface area (TPSA) is 74.6 Å². The lowest BCUT2D eigenvalue weighted by Crippen LogP contribution is -2.16. The van der Waals surface area contributed by atoms with Crippen LogP contribution in [0.5, 0.6) is 0 Å². The Kier molecular flexibility index (Phi) is 30.1. The average Bonchev–Trinajstić information content (AvgIpc) is 2.92. The van der Waals surface area contributed by atoms with Crippen molar-refractivity contribution in [3.05, 3.63) is 0 Å². The van der Waals surface area contributed by atoms with E-state index in [2.05, 4.69) is 13.8 Å². The molecule has 0 saturated heterocycles. The van der Waals surface area contributed by atoms with Crippen LogP contribution < -0.4 is 0 Å². The van der Waals surface area contributed by atoms with E-state index in [4.69, 9.17) is 10.2 Å². The van der Waals surface area contributed by atoms with Gasteiger partial charge in [-0.15, -0.1) is 0 Å². The average molecular weight is 567 g/mol. The van der Waals surface area contributed by atoms with Crippen LogP contribution in [0.15, 0.2) is 0 Å². The van der Waals surface area contributed by atoms with Crippen molar-refractivity contribution in [2.24, 2.45) is 11.8 Å². The molecule has 0 bridgehead atoms. The van der Waals surface area contributed by atoms with Crippen LogP contribution in [0.3, 0.4) is 0 Å². The Bertz CT molecular complexity index is 547. The zero-order valence-corrected chi connectivity index (χ0v) is 27.1. The lowest BCUT2D eigenvalue weighted by molar-refractivity contribution is -0.138. The molecule has 0 aliphatic rings. The number of carboxylic acids is 2. The van der Waals surface area contributed by atoms with Crippen LogP contribution in [0.25, 0.3) is 0 Å². The summed E-state index contributed by atoms with van der Waals surface area (Å²) >= 11 is 0. The van der Waals surface area contributed by atoms with Gasteiger partial charge in [-0.1, -0.05) is 181 Å². The van der Waals surface area contributed by atoms with Gasteiger partial charge in [0.25, 0.3) is 0 Å². The van der Waals surface area contributed by atoms with Crippen molar-refractivity contribution in [2.45, 2.75) is 206 Å². The predicted octanol–water partition coefficient (Wildman–Crippen LogP) is 12.1. The molecule has 4 heteroatoms. The molecule has 2 N–H and O–H groups in total. The minimum atomic E-state index is -0.662. The first kappa shape index (κ1) is 38.9. The second-order valence-electron chi connectivity index (χ2n) is 12.7. The van der Waals surface area contributed by atoms with Gasteiger partial charge >= 0.3 is 11.9 Å². The molecule has 0 saturated carbocycles. The van der Waals surface area contributed by atoms with Gasteiger partial charge in [0.1, 0.15) is 0 Å². The molecule has 40 heavy (non-hydrogen) atoms. The number of carboxylic acid groups (broad SMARTS) is 2. The molecule has 2 unspecified atom stereocenters. The summed E-state index contributed by atoms with van der Waals surface area (Å²) in [6, 6.07) is 0. The van der Waals surface area contributed by atoms with Crippen molar-refractivity contribution in [3.8, 4) is 0 Å². The molecule has 0 radical (unpaired) electrons. The van der Waals surface area contributed by atoms with Crippen LogP contribution in [0.4, 0.5) is 0 Å². The summed E-state index contributed by atoms with van der Waals surface area (Å²) in [7, 11) is 0. The van der Waals surface area contributed by atoms with E-state index >= 15 is 0 Å². The van der Waals surface area contributed by atoms with Gasteiger partial charge in [-0.05, 0) is 24.7 Å². The molecule has 0 spiro atoms. The van der Waals surface area contributed by atoms with Gasteiger partial charge < -0.3 is 10.2 Å². The van der Waals surface area contributed by atoms with Gasteiger partial charge in [0, 0.05) is 12.8 Å². The highest BCUT2D eigenvalue weighted by molar-refractivity contribution is 5.66. The first-order chi connectivity index (χ1) is 19.5. The summed E-state index contributed by atoms with van der Waals surface area (Å²) in [4.78, 5) is 21.5. The summed E-state index contributed by atoms with van der Waals surface area (Å²) in [5.41, 5.74) is 0. The lowest BCUT2D eigenvalue weighted by Gasteiger charge is -2.28. The minimum Gasteiger partial charge on any atom is -0.481 e. The fourth-order valence-corrected chi connectivity index (χ4v) is 6.38. The fourth-order valence-electron chi connectivity index (χ4n) is 6.38. The molecule has 238 valence electrons. The molecule has 4 nitrogen and oxygen atoms in total. The van der Waals surface area contributed by atoms with E-state index in [1.165, 1.54) is 154 Å². The molecule has 0 aliphatic carbocycles. The van der Waals surface area contributed by atoms with E-state index < -0.39 is 11.9 Å². The number of aliphatic carboxylic acids is 2. The Balaban J connectivity index is 4.75. The second-order valence-corrected chi connectivity index (χ2v) is 12.7. The van der Waals surface area contributed by atoms with E-state index in [1.807, 2.05) is 0 Å². The zero-order valence-electron chi connectivity index (χ0n) is 27.1. The summed E-state index contributed by atoms with van der Waals surface area (Å²) in [5.74, 6) is 0.406. The summed E-state index contributed by atoms with van der Waals surface area (Å²) in [6.45, 7) is 4.59. The van der Waals surface area contributed by atoms with E-state index in [0.29, 0.717) is 12.8 Å². The van der Waals surface area contributed by atoms with Crippen molar-refractivity contribution in [2.75, 3.05) is 0 Å². The molecule has 2 atom stereocenters. The number of carbonyl (C=O) groups is 2. The van der Waals surface area contributed by atoms with Gasteiger partial charge in [-0.3, -0.25) is 9.59 Å². The van der Waals surface area contributed by atoms with Crippen LogP contribution in [0, 0.1) is 11.8 Å². The van der Waals surface area contributed by atoms with Gasteiger partial charge in [-0.2, -0.15) is 0 Å². The van der Waals surface area contributed by atoms with E-state index in [0.717, 1.165) is 37.5 Å². The number of hydrogen-bond acceptors (Lipinski definition) is 2. The lowest BCUT2D eigenvalue weighted by atomic mass is 9.78. The number of hydrogen-bond donors (Lipinski definition) is 2. The van der Waals surface area contributed by atoms with Crippen LogP contribution in [0.2, 0.25) is 0 Å². The monoisotopic (exact) mass is 567 g/mol. The Morgan fingerprint density at radius 1 is 0.375 bits per heavy atom. The van der Waals surface area contributed by atoms with E-state index in [1.54, 1.807) is 0 Å². The molecule has 0 aliphatic heterocycles. The molecule has 0 amide bonds. The Morgan fingerprint density at radius 2 is 0.600 bits per heavy atom. The van der Waals surface area contributed by atoms with E-state index in [-0.39, 0.29) is 0 Å². The van der Waals surface area contributed by atoms with Crippen molar-refractivity contribution < 1.29 is 19.8 Å².